The first-order chi connectivity index (χ1) is 36.9. The second-order valence-corrected chi connectivity index (χ2v) is 21.8. The fourth-order valence-corrected chi connectivity index (χ4v) is 3.91. The van der Waals surface area contributed by atoms with Crippen LogP contribution in [-0.4, -0.2) is 50.3 Å². The van der Waals surface area contributed by atoms with Gasteiger partial charge in [-0.1, -0.05) is 196 Å². The first-order valence-corrected chi connectivity index (χ1v) is 27.5. The SMILES string of the molecule is C=C1C=CCN=CN1.C=C1C=CNC(=C)N1.C=C1C=CNCN1.C=C1CC(C(C)C)=NCN1.C=C1CC=CN=CN1.C=C1CC=NC=CN1.C=C1N=NC(C(C)C)=NN1.CC(C)C.CC(C)C.CC(C)C.CC(C)C.CC(C)C. The summed E-state index contributed by atoms with van der Waals surface area (Å²) in [6.45, 7) is 72.6. The molecule has 0 fully saturated rings. The van der Waals surface area contributed by atoms with Gasteiger partial charge in [-0.05, 0) is 59.9 Å². The summed E-state index contributed by atoms with van der Waals surface area (Å²) in [6, 6.07) is 0. The molecule has 0 aliphatic carbocycles. The second-order valence-electron chi connectivity index (χ2n) is 21.8. The molecule has 0 aromatic carbocycles. The van der Waals surface area contributed by atoms with Gasteiger partial charge >= 0.3 is 0 Å². The number of allylic oxidation sites excluding steroid dienone is 6. The minimum atomic E-state index is 0.310. The molecule has 9 N–H and O–H groups in total. The molecule has 0 saturated heterocycles. The van der Waals surface area contributed by atoms with Crippen LogP contribution in [0.5, 0.6) is 0 Å². The number of hydrogen-bond acceptors (Lipinski definition) is 16. The number of aliphatic imine (C=N–C) groups is 4. The summed E-state index contributed by atoms with van der Waals surface area (Å²) in [7, 11) is 0. The summed E-state index contributed by atoms with van der Waals surface area (Å²) < 4.78 is 0. The van der Waals surface area contributed by atoms with E-state index in [1.165, 1.54) is 5.71 Å². The molecule has 7 rings (SSSR count). The first-order valence-electron chi connectivity index (χ1n) is 27.5. The van der Waals surface area contributed by atoms with Crippen molar-refractivity contribution >= 4 is 30.4 Å². The Morgan fingerprint density at radius 2 is 1.06 bits per heavy atom. The van der Waals surface area contributed by atoms with Crippen molar-refractivity contribution in [3.63, 3.8) is 0 Å². The van der Waals surface area contributed by atoms with E-state index in [9.17, 15) is 0 Å². The lowest BCUT2D eigenvalue weighted by atomic mass is 10.0. The molecule has 0 unspecified atom stereocenters. The third kappa shape index (κ3) is 77.4. The molecule has 0 bridgehead atoms. The molecule has 7 heterocycles. The Balaban J connectivity index is -0.000000256. The van der Waals surface area contributed by atoms with Gasteiger partial charge < -0.3 is 42.5 Å². The van der Waals surface area contributed by atoms with Crippen molar-refractivity contribution in [2.24, 2.45) is 76.7 Å². The Morgan fingerprint density at radius 3 is 1.49 bits per heavy atom. The minimum absolute atomic E-state index is 0.310. The maximum absolute atomic E-state index is 4.32. The van der Waals surface area contributed by atoms with Gasteiger partial charge in [0.2, 0.25) is 0 Å². The van der Waals surface area contributed by atoms with Crippen LogP contribution in [0, 0.1) is 41.4 Å². The highest BCUT2D eigenvalue weighted by molar-refractivity contribution is 5.88. The van der Waals surface area contributed by atoms with Crippen molar-refractivity contribution in [1.29, 1.82) is 0 Å². The zero-order valence-electron chi connectivity index (χ0n) is 53.1. The normalized spacial score (nSPS) is 15.6. The predicted octanol–water partition coefficient (Wildman–Crippen LogP) is 14.9. The van der Waals surface area contributed by atoms with E-state index >= 15 is 0 Å². The third-order valence-electron chi connectivity index (χ3n) is 7.10. The molecule has 0 radical (unpaired) electrons. The summed E-state index contributed by atoms with van der Waals surface area (Å²) in [4.78, 5) is 16.0. The predicted molar refractivity (Wildman–Crippen MR) is 353 cm³/mol. The summed E-state index contributed by atoms with van der Waals surface area (Å²) in [5, 5.41) is 35.0. The van der Waals surface area contributed by atoms with Crippen LogP contribution in [-0.2, 0) is 0 Å². The van der Waals surface area contributed by atoms with Crippen molar-refractivity contribution in [3.05, 3.63) is 160 Å². The highest BCUT2D eigenvalue weighted by Gasteiger charge is 2.10. The van der Waals surface area contributed by atoms with Gasteiger partial charge in [0.15, 0.2) is 11.7 Å². The average Bonchev–Trinajstić information content (AvgIpc) is 3.85. The van der Waals surface area contributed by atoms with Gasteiger partial charge in [-0.25, -0.2) is 4.99 Å². The molecule has 16 heteroatoms. The monoisotopic (exact) mass is 1090 g/mol. The second kappa shape index (κ2) is 55.5. The summed E-state index contributed by atoms with van der Waals surface area (Å²) in [5.74, 6) is 7.03. The minimum Gasteiger partial charge on any atom is -0.374 e. The van der Waals surface area contributed by atoms with E-state index in [0.29, 0.717) is 30.2 Å². The van der Waals surface area contributed by atoms with Crippen molar-refractivity contribution < 1.29 is 0 Å². The molecule has 0 atom stereocenters. The highest BCUT2D eigenvalue weighted by Crippen LogP contribution is 2.09. The fraction of sp³-hybridized carbons (Fsp3) is 0.508. The van der Waals surface area contributed by atoms with Crippen molar-refractivity contribution in [1.82, 2.24) is 48.0 Å². The standard InChI is InChI=1S/C8H14N2.C6H10N4.4C6H8N2.C5H8N2.5C4H10/c1-6(2)8-4-7(3)9-5-10-8;1-4(2)6-9-7-5(3)8-10-6;1-5-3-4-7-6(2)8-5;1-6-2-3-7-4-5-8-6;2*1-6-3-2-4-7-5-8-6;1-5-2-3-6-4-7-5;5*1-4(2)3/h6,9H,3-5H2,1-2H3;4,7H,3H2,1-2H3;3-4,7-8H,1-2H2;3-5,8H,1-2H2;2,4-5H,1,3H2,(H,7,8);2-3,5H,1,4H2,(H,7,8);2-3,6-7H,1,4H2;5*4H,1-3H3. The Hall–Kier alpha value is -7.23. The number of amidine groups is 1. The van der Waals surface area contributed by atoms with E-state index in [1.54, 1.807) is 37.5 Å². The highest BCUT2D eigenvalue weighted by atomic mass is 15.4. The number of rotatable bonds is 2. The lowest BCUT2D eigenvalue weighted by molar-refractivity contribution is 0.725. The molecule has 7 aliphatic heterocycles. The fourth-order valence-electron chi connectivity index (χ4n) is 3.91. The van der Waals surface area contributed by atoms with Crippen LogP contribution >= 0.6 is 0 Å². The van der Waals surface area contributed by atoms with Crippen LogP contribution in [0.3, 0.4) is 0 Å². The van der Waals surface area contributed by atoms with E-state index in [2.05, 4.69) is 254 Å². The van der Waals surface area contributed by atoms with Gasteiger partial charge in [-0.2, -0.15) is 5.10 Å². The zero-order valence-corrected chi connectivity index (χ0v) is 53.1. The van der Waals surface area contributed by atoms with Crippen molar-refractivity contribution in [3.8, 4) is 0 Å². The molecular formula is C63H114N16. The molecule has 7 aliphatic rings. The molecule has 79 heavy (non-hydrogen) atoms. The largest absolute Gasteiger partial charge is 0.374 e. The van der Waals surface area contributed by atoms with Crippen LogP contribution in [0.25, 0.3) is 0 Å². The molecule has 0 saturated carbocycles. The van der Waals surface area contributed by atoms with E-state index in [-0.39, 0.29) is 0 Å². The molecule has 0 amide bonds. The Morgan fingerprint density at radius 1 is 0.494 bits per heavy atom. The van der Waals surface area contributed by atoms with Crippen molar-refractivity contribution in [2.45, 2.75) is 151 Å². The molecule has 16 nitrogen and oxygen atoms in total. The molecular weight excluding hydrogens is 981 g/mol. The quantitative estimate of drug-likeness (QED) is 0.129. The number of hydrazone groups is 1. The van der Waals surface area contributed by atoms with Crippen molar-refractivity contribution in [2.75, 3.05) is 19.9 Å². The number of nitrogens with one attached hydrogen (secondary N) is 9. The van der Waals surface area contributed by atoms with Crippen LogP contribution in [0.1, 0.15) is 151 Å². The Kier molecular flexibility index (Phi) is 56.7. The maximum atomic E-state index is 4.32. The zero-order chi connectivity index (χ0) is 61.6. The van der Waals surface area contributed by atoms with Crippen LogP contribution < -0.4 is 48.0 Å². The topological polar surface area (TPSA) is 195 Å². The average molecular weight is 1100 g/mol. The molecule has 446 valence electrons. The summed E-state index contributed by atoms with van der Waals surface area (Å²) in [5.41, 5.74) is 9.72. The molecule has 0 spiro atoms. The van der Waals surface area contributed by atoms with Crippen LogP contribution in [0.15, 0.2) is 195 Å². The lowest BCUT2D eigenvalue weighted by Gasteiger charge is -2.18. The molecule has 0 aromatic rings. The maximum Gasteiger partial charge on any atom is 0.173 e. The van der Waals surface area contributed by atoms with E-state index in [0.717, 1.165) is 102 Å². The summed E-state index contributed by atoms with van der Waals surface area (Å²) >= 11 is 0. The molecule has 0 aromatic heterocycles. The van der Waals surface area contributed by atoms with Gasteiger partial charge in [-0.3, -0.25) is 20.4 Å². The van der Waals surface area contributed by atoms with Crippen LogP contribution in [0.2, 0.25) is 0 Å². The van der Waals surface area contributed by atoms with E-state index < -0.39 is 0 Å². The smallest absolute Gasteiger partial charge is 0.173 e. The number of azo groups is 1. The summed E-state index contributed by atoms with van der Waals surface area (Å²) in [6.07, 6.45) is 26.2. The third-order valence-corrected chi connectivity index (χ3v) is 7.10. The number of hydrogen-bond donors (Lipinski definition) is 9. The Bertz CT molecular complexity index is 1910. The van der Waals surface area contributed by atoms with Gasteiger partial charge in [0, 0.05) is 96.1 Å². The van der Waals surface area contributed by atoms with Gasteiger partial charge in [0.25, 0.3) is 0 Å². The van der Waals surface area contributed by atoms with E-state index in [1.807, 2.05) is 56.6 Å². The van der Waals surface area contributed by atoms with Crippen LogP contribution in [0.4, 0.5) is 0 Å². The lowest BCUT2D eigenvalue weighted by Crippen LogP contribution is -2.27. The first kappa shape index (κ1) is 80.6. The van der Waals surface area contributed by atoms with Gasteiger partial charge in [0.1, 0.15) is 6.67 Å². The number of nitrogens with zero attached hydrogens (tertiary/aromatic N) is 7. The van der Waals surface area contributed by atoms with Gasteiger partial charge in [-0.15, -0.1) is 10.2 Å². The Labute approximate surface area is 483 Å². The van der Waals surface area contributed by atoms with E-state index in [4.69, 9.17) is 0 Å². The van der Waals surface area contributed by atoms with Gasteiger partial charge in [0.05, 0.1) is 31.7 Å².